The van der Waals surface area contributed by atoms with E-state index in [9.17, 15) is 4.79 Å². The highest BCUT2D eigenvalue weighted by molar-refractivity contribution is 6.48. The summed E-state index contributed by atoms with van der Waals surface area (Å²) in [6, 6.07) is 0. The lowest BCUT2D eigenvalue weighted by Crippen LogP contribution is -2.42. The standard InChI is InChI=1S/C18H32BNO4/c1-15(2,3)22-14(21)20-11-13(18(12-20)9-8-10-18)19-23-16(4,5)17(6,7)24-19/h13H,8-12H2,1-7H3. The van der Waals surface area contributed by atoms with Gasteiger partial charge in [-0.25, -0.2) is 4.79 Å². The molecule has 6 heteroatoms. The van der Waals surface area contributed by atoms with E-state index in [4.69, 9.17) is 14.0 Å². The van der Waals surface area contributed by atoms with Gasteiger partial charge in [-0.1, -0.05) is 6.42 Å². The minimum atomic E-state index is -0.466. The van der Waals surface area contributed by atoms with E-state index in [-0.39, 0.29) is 35.6 Å². The molecule has 1 atom stereocenters. The van der Waals surface area contributed by atoms with Crippen molar-refractivity contribution in [3.63, 3.8) is 0 Å². The van der Waals surface area contributed by atoms with E-state index in [0.717, 1.165) is 19.4 Å². The molecule has 1 saturated carbocycles. The maximum absolute atomic E-state index is 12.5. The van der Waals surface area contributed by atoms with E-state index >= 15 is 0 Å². The van der Waals surface area contributed by atoms with Crippen molar-refractivity contribution >= 4 is 13.2 Å². The summed E-state index contributed by atoms with van der Waals surface area (Å²) >= 11 is 0. The Kier molecular flexibility index (Phi) is 4.04. The van der Waals surface area contributed by atoms with Gasteiger partial charge in [0.15, 0.2) is 0 Å². The highest BCUT2D eigenvalue weighted by atomic mass is 16.7. The van der Waals surface area contributed by atoms with Crippen molar-refractivity contribution in [3.8, 4) is 0 Å². The molecule has 0 aromatic carbocycles. The van der Waals surface area contributed by atoms with Crippen LogP contribution in [0.15, 0.2) is 0 Å². The monoisotopic (exact) mass is 337 g/mol. The van der Waals surface area contributed by atoms with E-state index in [1.165, 1.54) is 6.42 Å². The lowest BCUT2D eigenvalue weighted by atomic mass is 9.51. The Morgan fingerprint density at radius 1 is 1.12 bits per heavy atom. The number of amides is 1. The van der Waals surface area contributed by atoms with Crippen LogP contribution >= 0.6 is 0 Å². The first-order valence-corrected chi connectivity index (χ1v) is 9.19. The normalized spacial score (nSPS) is 30.5. The number of hydrogen-bond acceptors (Lipinski definition) is 4. The number of rotatable bonds is 1. The minimum absolute atomic E-state index is 0.137. The predicted molar refractivity (Wildman–Crippen MR) is 93.9 cm³/mol. The molecule has 3 rings (SSSR count). The summed E-state index contributed by atoms with van der Waals surface area (Å²) in [4.78, 5) is 14.4. The SMILES string of the molecule is CC(C)(C)OC(=O)N1CC(B2OC(C)(C)C(C)(C)O2)C2(CCC2)C1. The van der Waals surface area contributed by atoms with E-state index in [1.807, 2.05) is 25.7 Å². The third kappa shape index (κ3) is 2.96. The second-order valence-corrected chi connectivity index (χ2v) is 9.81. The highest BCUT2D eigenvalue weighted by Gasteiger charge is 2.63. The zero-order valence-electron chi connectivity index (χ0n) is 16.3. The van der Waals surface area contributed by atoms with Crippen LogP contribution in [0.25, 0.3) is 0 Å². The summed E-state index contributed by atoms with van der Waals surface area (Å²) in [5, 5.41) is 0. The van der Waals surface area contributed by atoms with Gasteiger partial charge in [0.25, 0.3) is 0 Å². The van der Waals surface area contributed by atoms with Crippen molar-refractivity contribution in [2.75, 3.05) is 13.1 Å². The summed E-state index contributed by atoms with van der Waals surface area (Å²) in [5.74, 6) is 0.222. The third-order valence-electron chi connectivity index (χ3n) is 6.31. The van der Waals surface area contributed by atoms with Gasteiger partial charge in [-0.2, -0.15) is 0 Å². The Morgan fingerprint density at radius 2 is 1.67 bits per heavy atom. The molecule has 2 aliphatic heterocycles. The molecule has 0 N–H and O–H groups in total. The van der Waals surface area contributed by atoms with Crippen LogP contribution in [-0.4, -0.2) is 48.0 Å². The van der Waals surface area contributed by atoms with Crippen LogP contribution in [0.2, 0.25) is 5.82 Å². The maximum atomic E-state index is 12.5. The van der Waals surface area contributed by atoms with Crippen LogP contribution < -0.4 is 0 Å². The molecule has 0 bridgehead atoms. The molecule has 5 nitrogen and oxygen atoms in total. The van der Waals surface area contributed by atoms with Gasteiger partial charge in [0.1, 0.15) is 5.60 Å². The molecule has 1 aliphatic carbocycles. The second kappa shape index (κ2) is 5.37. The Hall–Kier alpha value is -0.745. The molecule has 0 aromatic heterocycles. The fourth-order valence-electron chi connectivity index (χ4n) is 4.05. The molecule has 1 spiro atoms. The van der Waals surface area contributed by atoms with E-state index in [0.29, 0.717) is 6.54 Å². The Bertz CT molecular complexity index is 506. The average Bonchev–Trinajstić information content (AvgIpc) is 2.83. The van der Waals surface area contributed by atoms with Crippen LogP contribution in [-0.2, 0) is 14.0 Å². The summed E-state index contributed by atoms with van der Waals surface area (Å²) in [6.07, 6.45) is 3.29. The van der Waals surface area contributed by atoms with Crippen molar-refractivity contribution in [2.45, 2.75) is 90.3 Å². The first kappa shape index (κ1) is 18.1. The number of carbonyl (C=O) groups is 1. The average molecular weight is 337 g/mol. The molecule has 0 radical (unpaired) electrons. The predicted octanol–water partition coefficient (Wildman–Crippen LogP) is 3.87. The molecule has 3 aliphatic rings. The Morgan fingerprint density at radius 3 is 2.08 bits per heavy atom. The Labute approximate surface area is 146 Å². The van der Waals surface area contributed by atoms with Gasteiger partial charge in [0.2, 0.25) is 0 Å². The number of ether oxygens (including phenoxy) is 1. The third-order valence-corrected chi connectivity index (χ3v) is 6.31. The zero-order chi connectivity index (χ0) is 18.0. The van der Waals surface area contributed by atoms with Crippen molar-refractivity contribution in [1.82, 2.24) is 4.90 Å². The molecule has 2 saturated heterocycles. The van der Waals surface area contributed by atoms with Crippen molar-refractivity contribution in [2.24, 2.45) is 5.41 Å². The number of carbonyl (C=O) groups excluding carboxylic acids is 1. The first-order valence-electron chi connectivity index (χ1n) is 9.19. The van der Waals surface area contributed by atoms with Crippen molar-refractivity contribution in [1.29, 1.82) is 0 Å². The fraction of sp³-hybridized carbons (Fsp3) is 0.944. The van der Waals surface area contributed by atoms with Crippen LogP contribution in [0.3, 0.4) is 0 Å². The van der Waals surface area contributed by atoms with Gasteiger partial charge in [-0.3, -0.25) is 0 Å². The molecule has 2 heterocycles. The van der Waals surface area contributed by atoms with Gasteiger partial charge in [0.05, 0.1) is 11.2 Å². The van der Waals surface area contributed by atoms with Crippen molar-refractivity contribution < 1.29 is 18.8 Å². The quantitative estimate of drug-likeness (QED) is 0.682. The van der Waals surface area contributed by atoms with Crippen LogP contribution in [0.4, 0.5) is 4.79 Å². The zero-order valence-corrected chi connectivity index (χ0v) is 16.3. The molecule has 24 heavy (non-hydrogen) atoms. The van der Waals surface area contributed by atoms with Crippen LogP contribution in [0.1, 0.15) is 67.7 Å². The molecule has 0 aromatic rings. The topological polar surface area (TPSA) is 48.0 Å². The summed E-state index contributed by atoms with van der Waals surface area (Å²) in [6.45, 7) is 15.5. The Balaban J connectivity index is 1.75. The maximum Gasteiger partial charge on any atom is 0.463 e. The minimum Gasteiger partial charge on any atom is -0.444 e. The molecule has 3 fully saturated rings. The van der Waals surface area contributed by atoms with Crippen molar-refractivity contribution in [3.05, 3.63) is 0 Å². The van der Waals surface area contributed by atoms with Gasteiger partial charge in [-0.15, -0.1) is 0 Å². The van der Waals surface area contributed by atoms with Crippen LogP contribution in [0.5, 0.6) is 0 Å². The van der Waals surface area contributed by atoms with Gasteiger partial charge < -0.3 is 18.9 Å². The number of nitrogens with zero attached hydrogens (tertiary/aromatic N) is 1. The molecule has 136 valence electrons. The molecule has 1 unspecified atom stereocenters. The number of likely N-dealkylation sites (tertiary alicyclic amines) is 1. The summed E-state index contributed by atoms with van der Waals surface area (Å²) in [7, 11) is -0.247. The van der Waals surface area contributed by atoms with Gasteiger partial charge >= 0.3 is 13.2 Å². The van der Waals surface area contributed by atoms with Gasteiger partial charge in [0, 0.05) is 18.9 Å². The lowest BCUT2D eigenvalue weighted by Gasteiger charge is -2.43. The van der Waals surface area contributed by atoms with E-state index in [1.54, 1.807) is 0 Å². The second-order valence-electron chi connectivity index (χ2n) is 9.81. The lowest BCUT2D eigenvalue weighted by molar-refractivity contribution is 0.00578. The molecule has 1 amide bonds. The largest absolute Gasteiger partial charge is 0.463 e. The van der Waals surface area contributed by atoms with Crippen LogP contribution in [0, 0.1) is 5.41 Å². The summed E-state index contributed by atoms with van der Waals surface area (Å²) in [5.41, 5.74) is -0.992. The van der Waals surface area contributed by atoms with E-state index in [2.05, 4.69) is 27.7 Å². The molecular weight excluding hydrogens is 305 g/mol. The first-order chi connectivity index (χ1) is 10.9. The molecular formula is C18H32BNO4. The van der Waals surface area contributed by atoms with Gasteiger partial charge in [-0.05, 0) is 66.7 Å². The number of hydrogen-bond donors (Lipinski definition) is 0. The van der Waals surface area contributed by atoms with E-state index < -0.39 is 5.60 Å². The smallest absolute Gasteiger partial charge is 0.444 e. The summed E-state index contributed by atoms with van der Waals surface area (Å²) < 4.78 is 18.2. The fourth-order valence-corrected chi connectivity index (χ4v) is 4.05. The highest BCUT2D eigenvalue weighted by Crippen LogP contribution is 2.58.